The van der Waals surface area contributed by atoms with E-state index in [1.54, 1.807) is 0 Å². The zero-order chi connectivity index (χ0) is 11.7. The highest BCUT2D eigenvalue weighted by molar-refractivity contribution is 5.18. The standard InChI is InChI=1S/C13H24O2/c1-12(2,3)10-5-7-13(4,15)11(9-10)6-8-14/h5,11,14-15H,6-9H2,1-4H3. The Morgan fingerprint density at radius 2 is 2.07 bits per heavy atom. The molecule has 0 spiro atoms. The zero-order valence-corrected chi connectivity index (χ0v) is 10.4. The van der Waals surface area contributed by atoms with Gasteiger partial charge in [-0.25, -0.2) is 0 Å². The molecule has 0 aromatic rings. The first-order chi connectivity index (χ1) is 6.77. The van der Waals surface area contributed by atoms with E-state index in [-0.39, 0.29) is 17.9 Å². The van der Waals surface area contributed by atoms with Crippen molar-refractivity contribution in [2.45, 2.75) is 52.6 Å². The molecule has 1 aliphatic rings. The van der Waals surface area contributed by atoms with Gasteiger partial charge in [-0.05, 0) is 37.5 Å². The Morgan fingerprint density at radius 3 is 2.53 bits per heavy atom. The maximum Gasteiger partial charge on any atom is 0.0686 e. The molecule has 0 saturated heterocycles. The average Bonchev–Trinajstić information content (AvgIpc) is 2.06. The number of hydrogen-bond acceptors (Lipinski definition) is 2. The van der Waals surface area contributed by atoms with Gasteiger partial charge >= 0.3 is 0 Å². The predicted octanol–water partition coefficient (Wildman–Crippen LogP) is 2.50. The summed E-state index contributed by atoms with van der Waals surface area (Å²) in [6, 6.07) is 0. The van der Waals surface area contributed by atoms with Gasteiger partial charge in [-0.2, -0.15) is 0 Å². The first-order valence-corrected chi connectivity index (χ1v) is 5.80. The zero-order valence-electron chi connectivity index (χ0n) is 10.4. The molecule has 2 heteroatoms. The molecule has 0 aromatic heterocycles. The van der Waals surface area contributed by atoms with Gasteiger partial charge < -0.3 is 10.2 Å². The van der Waals surface area contributed by atoms with E-state index in [0.717, 1.165) is 6.42 Å². The van der Waals surface area contributed by atoms with Gasteiger partial charge in [0.2, 0.25) is 0 Å². The van der Waals surface area contributed by atoms with Gasteiger partial charge in [0.1, 0.15) is 0 Å². The summed E-state index contributed by atoms with van der Waals surface area (Å²) in [6.45, 7) is 8.65. The Morgan fingerprint density at radius 1 is 1.47 bits per heavy atom. The summed E-state index contributed by atoms with van der Waals surface area (Å²) in [7, 11) is 0. The van der Waals surface area contributed by atoms with Crippen LogP contribution >= 0.6 is 0 Å². The predicted molar refractivity (Wildman–Crippen MR) is 62.6 cm³/mol. The van der Waals surface area contributed by atoms with E-state index < -0.39 is 5.60 Å². The van der Waals surface area contributed by atoms with Crippen LogP contribution in [0.2, 0.25) is 0 Å². The lowest BCUT2D eigenvalue weighted by molar-refractivity contribution is -0.0160. The van der Waals surface area contributed by atoms with Gasteiger partial charge in [0.25, 0.3) is 0 Å². The van der Waals surface area contributed by atoms with Gasteiger partial charge in [-0.1, -0.05) is 32.4 Å². The number of aliphatic hydroxyl groups is 2. The van der Waals surface area contributed by atoms with Crippen molar-refractivity contribution in [2.24, 2.45) is 11.3 Å². The normalized spacial score (nSPS) is 32.7. The lowest BCUT2D eigenvalue weighted by Crippen LogP contribution is -2.38. The van der Waals surface area contributed by atoms with Crippen molar-refractivity contribution in [1.82, 2.24) is 0 Å². The van der Waals surface area contributed by atoms with Gasteiger partial charge in [-0.3, -0.25) is 0 Å². The van der Waals surface area contributed by atoms with Gasteiger partial charge in [0.05, 0.1) is 5.60 Å². The average molecular weight is 212 g/mol. The summed E-state index contributed by atoms with van der Waals surface area (Å²) in [5.74, 6) is 0.196. The Hall–Kier alpha value is -0.340. The maximum absolute atomic E-state index is 10.2. The number of rotatable bonds is 2. The van der Waals surface area contributed by atoms with Crippen molar-refractivity contribution < 1.29 is 10.2 Å². The van der Waals surface area contributed by atoms with Gasteiger partial charge in [-0.15, -0.1) is 0 Å². The van der Waals surface area contributed by atoms with Crippen LogP contribution < -0.4 is 0 Å². The minimum Gasteiger partial charge on any atom is -0.396 e. The highest BCUT2D eigenvalue weighted by atomic mass is 16.3. The maximum atomic E-state index is 10.2. The summed E-state index contributed by atoms with van der Waals surface area (Å²) in [4.78, 5) is 0. The molecule has 0 radical (unpaired) electrons. The molecule has 2 nitrogen and oxygen atoms in total. The van der Waals surface area contributed by atoms with Crippen LogP contribution in [-0.4, -0.2) is 22.4 Å². The topological polar surface area (TPSA) is 40.5 Å². The van der Waals surface area contributed by atoms with Gasteiger partial charge in [0, 0.05) is 6.61 Å². The molecule has 0 aliphatic heterocycles. The summed E-state index contributed by atoms with van der Waals surface area (Å²) in [6.07, 6.45) is 4.50. The molecular formula is C13H24O2. The second-order valence-corrected chi connectivity index (χ2v) is 5.95. The van der Waals surface area contributed by atoms with Crippen LogP contribution in [0.5, 0.6) is 0 Å². The van der Waals surface area contributed by atoms with Crippen LogP contribution in [0.25, 0.3) is 0 Å². The summed E-state index contributed by atoms with van der Waals surface area (Å²) < 4.78 is 0. The second kappa shape index (κ2) is 4.26. The lowest BCUT2D eigenvalue weighted by atomic mass is 9.69. The van der Waals surface area contributed by atoms with Crippen LogP contribution in [0.4, 0.5) is 0 Å². The number of allylic oxidation sites excluding steroid dienone is 1. The molecule has 15 heavy (non-hydrogen) atoms. The largest absolute Gasteiger partial charge is 0.396 e. The third kappa shape index (κ3) is 3.05. The van der Waals surface area contributed by atoms with E-state index in [9.17, 15) is 5.11 Å². The fraction of sp³-hybridized carbons (Fsp3) is 0.846. The molecule has 0 heterocycles. The minimum atomic E-state index is -0.641. The second-order valence-electron chi connectivity index (χ2n) is 5.95. The summed E-state index contributed by atoms with van der Waals surface area (Å²) in [5, 5.41) is 19.2. The summed E-state index contributed by atoms with van der Waals surface area (Å²) in [5.41, 5.74) is 0.953. The van der Waals surface area contributed by atoms with Crippen molar-refractivity contribution in [3.8, 4) is 0 Å². The molecule has 2 unspecified atom stereocenters. The Kier molecular flexibility index (Phi) is 3.62. The molecule has 1 aliphatic carbocycles. The minimum absolute atomic E-state index is 0.165. The van der Waals surface area contributed by atoms with E-state index in [2.05, 4.69) is 26.8 Å². The van der Waals surface area contributed by atoms with Crippen molar-refractivity contribution in [2.75, 3.05) is 6.61 Å². The Labute approximate surface area is 93.0 Å². The summed E-state index contributed by atoms with van der Waals surface area (Å²) >= 11 is 0. The van der Waals surface area contributed by atoms with Crippen molar-refractivity contribution >= 4 is 0 Å². The van der Waals surface area contributed by atoms with Crippen molar-refractivity contribution in [1.29, 1.82) is 0 Å². The Balaban J connectivity index is 2.81. The van der Waals surface area contributed by atoms with Crippen LogP contribution in [0.1, 0.15) is 47.0 Å². The molecule has 0 fully saturated rings. The third-order valence-corrected chi connectivity index (χ3v) is 3.55. The monoisotopic (exact) mass is 212 g/mol. The lowest BCUT2D eigenvalue weighted by Gasteiger charge is -2.40. The Bertz CT molecular complexity index is 246. The number of hydrogen-bond donors (Lipinski definition) is 2. The van der Waals surface area contributed by atoms with Crippen molar-refractivity contribution in [3.05, 3.63) is 11.6 Å². The van der Waals surface area contributed by atoms with Crippen LogP contribution in [-0.2, 0) is 0 Å². The molecule has 88 valence electrons. The first-order valence-electron chi connectivity index (χ1n) is 5.80. The van der Waals surface area contributed by atoms with Crippen molar-refractivity contribution in [3.63, 3.8) is 0 Å². The quantitative estimate of drug-likeness (QED) is 0.690. The highest BCUT2D eigenvalue weighted by Crippen LogP contribution is 2.41. The SMILES string of the molecule is CC(C)(C)C1=CCC(C)(O)C(CCO)C1. The van der Waals surface area contributed by atoms with Crippen LogP contribution in [0, 0.1) is 11.3 Å². The molecule has 1 rings (SSSR count). The first kappa shape index (κ1) is 12.7. The van der Waals surface area contributed by atoms with Crippen LogP contribution in [0.3, 0.4) is 0 Å². The van der Waals surface area contributed by atoms with E-state index in [1.165, 1.54) is 5.57 Å². The molecule has 0 aromatic carbocycles. The molecule has 2 N–H and O–H groups in total. The van der Waals surface area contributed by atoms with E-state index >= 15 is 0 Å². The molecule has 0 bridgehead atoms. The van der Waals surface area contributed by atoms with Gasteiger partial charge in [0.15, 0.2) is 0 Å². The van der Waals surface area contributed by atoms with E-state index in [1.807, 2.05) is 6.92 Å². The smallest absolute Gasteiger partial charge is 0.0686 e. The van der Waals surface area contributed by atoms with Crippen LogP contribution in [0.15, 0.2) is 11.6 Å². The number of aliphatic hydroxyl groups excluding tert-OH is 1. The molecule has 0 saturated carbocycles. The fourth-order valence-electron chi connectivity index (χ4n) is 2.25. The molecule has 0 amide bonds. The molecule has 2 atom stereocenters. The van der Waals surface area contributed by atoms with E-state index in [0.29, 0.717) is 12.8 Å². The third-order valence-electron chi connectivity index (χ3n) is 3.55. The van der Waals surface area contributed by atoms with E-state index in [4.69, 9.17) is 5.11 Å². The molecular weight excluding hydrogens is 188 g/mol. The fourth-order valence-corrected chi connectivity index (χ4v) is 2.25. The highest BCUT2D eigenvalue weighted by Gasteiger charge is 2.36.